The van der Waals surface area contributed by atoms with E-state index in [1.54, 1.807) is 6.07 Å². The van der Waals surface area contributed by atoms with Crippen molar-refractivity contribution in [2.24, 2.45) is 16.6 Å². The number of carbonyl (C=O) groups is 2. The third-order valence-corrected chi connectivity index (χ3v) is 1.38. The van der Waals surface area contributed by atoms with Gasteiger partial charge in [-0.2, -0.15) is 5.26 Å². The molecule has 0 fully saturated rings. The molecule has 14 heavy (non-hydrogen) atoms. The van der Waals surface area contributed by atoms with E-state index in [0.29, 0.717) is 6.42 Å². The van der Waals surface area contributed by atoms with Crippen molar-refractivity contribution >= 4 is 18.1 Å². The number of nitriles is 1. The second kappa shape index (κ2) is 6.60. The maximum Gasteiger partial charge on any atom is 0.303 e. The highest BCUT2D eigenvalue weighted by Crippen LogP contribution is 1.92. The molecule has 0 bridgehead atoms. The molecule has 0 radical (unpaired) electrons. The molecule has 0 saturated carbocycles. The molecule has 0 aromatic heterocycles. The summed E-state index contributed by atoms with van der Waals surface area (Å²) in [6.07, 6.45) is 1.54. The number of rotatable bonds is 6. The zero-order valence-corrected chi connectivity index (χ0v) is 7.51. The van der Waals surface area contributed by atoms with Crippen molar-refractivity contribution in [1.29, 1.82) is 5.26 Å². The van der Waals surface area contributed by atoms with Crippen LogP contribution in [0.3, 0.4) is 0 Å². The standard InChI is InChI=1S/C8H11N3O3/c9-4-6(8(10)14)5-11-3-1-2-7(12)13/h5-6H,1-3H2,(H2,10,14)(H,12,13). The number of carboxylic acid groups (broad SMARTS) is 1. The zero-order chi connectivity index (χ0) is 11.0. The third-order valence-electron chi connectivity index (χ3n) is 1.38. The van der Waals surface area contributed by atoms with Gasteiger partial charge in [-0.25, -0.2) is 0 Å². The highest BCUT2D eigenvalue weighted by atomic mass is 16.4. The molecule has 3 N–H and O–H groups in total. The van der Waals surface area contributed by atoms with Crippen LogP contribution in [-0.4, -0.2) is 29.7 Å². The van der Waals surface area contributed by atoms with E-state index < -0.39 is 17.8 Å². The van der Waals surface area contributed by atoms with E-state index in [-0.39, 0.29) is 13.0 Å². The van der Waals surface area contributed by atoms with Crippen LogP contribution in [0.2, 0.25) is 0 Å². The van der Waals surface area contributed by atoms with Crippen molar-refractivity contribution in [1.82, 2.24) is 0 Å². The van der Waals surface area contributed by atoms with Gasteiger partial charge in [0.1, 0.15) is 0 Å². The first-order valence-electron chi connectivity index (χ1n) is 3.98. The van der Waals surface area contributed by atoms with Crippen LogP contribution in [0.1, 0.15) is 12.8 Å². The number of aliphatic imine (C=N–C) groups is 1. The summed E-state index contributed by atoms with van der Waals surface area (Å²) >= 11 is 0. The van der Waals surface area contributed by atoms with Crippen LogP contribution in [0.15, 0.2) is 4.99 Å². The Kier molecular flexibility index (Phi) is 5.70. The minimum Gasteiger partial charge on any atom is -0.481 e. The number of hydrogen-bond acceptors (Lipinski definition) is 4. The average Bonchev–Trinajstić information content (AvgIpc) is 2.10. The maximum atomic E-state index is 10.5. The van der Waals surface area contributed by atoms with Gasteiger partial charge in [0.25, 0.3) is 0 Å². The van der Waals surface area contributed by atoms with Gasteiger partial charge < -0.3 is 10.8 Å². The van der Waals surface area contributed by atoms with E-state index in [0.717, 1.165) is 6.21 Å². The van der Waals surface area contributed by atoms with Crippen LogP contribution < -0.4 is 5.73 Å². The Labute approximate surface area is 81.0 Å². The fourth-order valence-electron chi connectivity index (χ4n) is 0.672. The van der Waals surface area contributed by atoms with Gasteiger partial charge in [0.2, 0.25) is 5.91 Å². The van der Waals surface area contributed by atoms with E-state index >= 15 is 0 Å². The number of primary amides is 1. The van der Waals surface area contributed by atoms with Gasteiger partial charge in [0, 0.05) is 19.2 Å². The van der Waals surface area contributed by atoms with Crippen LogP contribution in [-0.2, 0) is 9.59 Å². The SMILES string of the molecule is N#CC(C=NCCCC(=O)O)C(N)=O. The first-order valence-corrected chi connectivity index (χ1v) is 3.98. The minimum atomic E-state index is -1.03. The van der Waals surface area contributed by atoms with Gasteiger partial charge in [-0.3, -0.25) is 14.6 Å². The lowest BCUT2D eigenvalue weighted by molar-refractivity contribution is -0.137. The number of nitrogens with zero attached hydrogens (tertiary/aromatic N) is 2. The van der Waals surface area contributed by atoms with Crippen LogP contribution >= 0.6 is 0 Å². The molecule has 6 heteroatoms. The van der Waals surface area contributed by atoms with Crippen molar-refractivity contribution in [2.45, 2.75) is 12.8 Å². The Morgan fingerprint density at radius 3 is 2.71 bits per heavy atom. The molecule has 1 atom stereocenters. The van der Waals surface area contributed by atoms with Crippen LogP contribution in [0, 0.1) is 17.2 Å². The van der Waals surface area contributed by atoms with Gasteiger partial charge in [-0.15, -0.1) is 0 Å². The molecule has 0 heterocycles. The molecule has 1 amide bonds. The Hall–Kier alpha value is -1.90. The molecule has 0 aliphatic heterocycles. The van der Waals surface area contributed by atoms with E-state index in [1.807, 2.05) is 0 Å². The molecular weight excluding hydrogens is 186 g/mol. The zero-order valence-electron chi connectivity index (χ0n) is 7.51. The predicted octanol–water partition coefficient (Wildman–Crippen LogP) is -0.453. The van der Waals surface area contributed by atoms with Gasteiger partial charge in [-0.05, 0) is 6.42 Å². The van der Waals surface area contributed by atoms with Gasteiger partial charge >= 0.3 is 5.97 Å². The Bertz CT molecular complexity index is 280. The topological polar surface area (TPSA) is 117 Å². The maximum absolute atomic E-state index is 10.5. The summed E-state index contributed by atoms with van der Waals surface area (Å²) in [4.78, 5) is 24.3. The second-order valence-corrected chi connectivity index (χ2v) is 2.56. The Balaban J connectivity index is 3.77. The molecule has 6 nitrogen and oxygen atoms in total. The van der Waals surface area contributed by atoms with E-state index in [1.165, 1.54) is 0 Å². The third kappa shape index (κ3) is 5.71. The number of aliphatic carboxylic acids is 1. The number of nitrogens with two attached hydrogens (primary N) is 1. The molecule has 0 spiro atoms. The summed E-state index contributed by atoms with van der Waals surface area (Å²) in [6, 6.07) is 1.66. The fourth-order valence-corrected chi connectivity index (χ4v) is 0.672. The van der Waals surface area contributed by atoms with Crippen LogP contribution in [0.25, 0.3) is 0 Å². The highest BCUT2D eigenvalue weighted by Gasteiger charge is 2.09. The molecule has 0 aliphatic carbocycles. The van der Waals surface area contributed by atoms with Gasteiger partial charge in [0.05, 0.1) is 6.07 Å². The fraction of sp³-hybridized carbons (Fsp3) is 0.500. The van der Waals surface area contributed by atoms with Crippen molar-refractivity contribution in [3.8, 4) is 6.07 Å². The lowest BCUT2D eigenvalue weighted by Gasteiger charge is -1.95. The smallest absolute Gasteiger partial charge is 0.303 e. The molecule has 0 saturated heterocycles. The van der Waals surface area contributed by atoms with Crippen LogP contribution in [0.4, 0.5) is 0 Å². The summed E-state index contributed by atoms with van der Waals surface area (Å²) < 4.78 is 0. The number of carboxylic acids is 1. The molecule has 0 aliphatic rings. The average molecular weight is 197 g/mol. The molecule has 0 rings (SSSR count). The summed E-state index contributed by atoms with van der Waals surface area (Å²) in [6.45, 7) is 0.276. The van der Waals surface area contributed by atoms with E-state index in [9.17, 15) is 9.59 Å². The molecule has 1 unspecified atom stereocenters. The summed E-state index contributed by atoms with van der Waals surface area (Å²) in [7, 11) is 0. The summed E-state index contributed by atoms with van der Waals surface area (Å²) in [5.41, 5.74) is 4.86. The number of amides is 1. The van der Waals surface area contributed by atoms with E-state index in [2.05, 4.69) is 4.99 Å². The quantitative estimate of drug-likeness (QED) is 0.442. The Morgan fingerprint density at radius 1 is 1.64 bits per heavy atom. The summed E-state index contributed by atoms with van der Waals surface area (Å²) in [5.74, 6) is -2.68. The van der Waals surface area contributed by atoms with Crippen molar-refractivity contribution in [2.75, 3.05) is 6.54 Å². The van der Waals surface area contributed by atoms with Crippen LogP contribution in [0.5, 0.6) is 0 Å². The van der Waals surface area contributed by atoms with Gasteiger partial charge in [-0.1, -0.05) is 0 Å². The Morgan fingerprint density at radius 2 is 2.29 bits per heavy atom. The second-order valence-electron chi connectivity index (χ2n) is 2.56. The van der Waals surface area contributed by atoms with Crippen molar-refractivity contribution in [3.63, 3.8) is 0 Å². The molecule has 0 aromatic carbocycles. The minimum absolute atomic E-state index is 0.0190. The van der Waals surface area contributed by atoms with Crippen molar-refractivity contribution < 1.29 is 14.7 Å². The molecular formula is C8H11N3O3. The molecule has 76 valence electrons. The predicted molar refractivity (Wildman–Crippen MR) is 48.5 cm³/mol. The largest absolute Gasteiger partial charge is 0.481 e. The monoisotopic (exact) mass is 197 g/mol. The first-order chi connectivity index (χ1) is 6.57. The van der Waals surface area contributed by atoms with E-state index in [4.69, 9.17) is 16.1 Å². The lowest BCUT2D eigenvalue weighted by atomic mass is 10.2. The van der Waals surface area contributed by atoms with Gasteiger partial charge in [0.15, 0.2) is 5.92 Å². The molecule has 0 aromatic rings. The number of carbonyl (C=O) groups excluding carboxylic acids is 1. The first kappa shape index (κ1) is 12.1. The highest BCUT2D eigenvalue weighted by molar-refractivity contribution is 5.95. The lowest BCUT2D eigenvalue weighted by Crippen LogP contribution is -2.22. The number of hydrogen-bond donors (Lipinski definition) is 2. The normalized spacial score (nSPS) is 12.2. The van der Waals surface area contributed by atoms with Crippen molar-refractivity contribution in [3.05, 3.63) is 0 Å². The summed E-state index contributed by atoms with van der Waals surface area (Å²) in [5, 5.41) is 16.7.